The van der Waals surface area contributed by atoms with E-state index in [1.54, 1.807) is 11.2 Å². The molecule has 1 N–H and O–H groups in total. The number of aromatic nitrogens is 1. The van der Waals surface area contributed by atoms with Crippen molar-refractivity contribution in [2.75, 3.05) is 23.9 Å². The lowest BCUT2D eigenvalue weighted by molar-refractivity contribution is 0.100. The van der Waals surface area contributed by atoms with Crippen molar-refractivity contribution < 1.29 is 4.79 Å². The molecule has 6 heteroatoms. The molecule has 0 bridgehead atoms. The van der Waals surface area contributed by atoms with Gasteiger partial charge in [0.1, 0.15) is 11.4 Å². The number of hydrazone groups is 1. The minimum Gasteiger partial charge on any atom is -0.387 e. The number of rotatable bonds is 7. The first-order chi connectivity index (χ1) is 12.6. The molecule has 0 aliphatic carbocycles. The van der Waals surface area contributed by atoms with E-state index in [1.165, 1.54) is 16.9 Å². The van der Waals surface area contributed by atoms with E-state index in [4.69, 9.17) is 0 Å². The van der Waals surface area contributed by atoms with E-state index in [1.807, 2.05) is 44.3 Å². The van der Waals surface area contributed by atoms with E-state index in [0.717, 1.165) is 33.6 Å². The van der Waals surface area contributed by atoms with Gasteiger partial charge < -0.3 is 5.32 Å². The Bertz CT molecular complexity index is 946. The lowest BCUT2D eigenvalue weighted by Gasteiger charge is -2.18. The third kappa shape index (κ3) is 3.32. The summed E-state index contributed by atoms with van der Waals surface area (Å²) in [6, 6.07) is 9.96. The molecule has 0 saturated carbocycles. The highest BCUT2D eigenvalue weighted by molar-refractivity contribution is 7.20. The number of carbonyl (C=O) groups excluding carboxylic acids is 1. The third-order valence-corrected chi connectivity index (χ3v) is 5.70. The number of hydrogen-bond acceptors (Lipinski definition) is 6. The van der Waals surface area contributed by atoms with Gasteiger partial charge in [-0.05, 0) is 42.7 Å². The highest BCUT2D eigenvalue weighted by Crippen LogP contribution is 2.34. The monoisotopic (exact) mass is 366 g/mol. The Kier molecular flexibility index (Phi) is 5.32. The van der Waals surface area contributed by atoms with Crippen molar-refractivity contribution >= 4 is 45.4 Å². The van der Waals surface area contributed by atoms with Crippen LogP contribution in [0.2, 0.25) is 0 Å². The summed E-state index contributed by atoms with van der Waals surface area (Å²) >= 11 is 1.43. The van der Waals surface area contributed by atoms with Crippen molar-refractivity contribution in [2.45, 2.75) is 20.3 Å². The van der Waals surface area contributed by atoms with Crippen LogP contribution in [0.3, 0.4) is 0 Å². The average molecular weight is 366 g/mol. The molecule has 1 aromatic carbocycles. The zero-order valence-electron chi connectivity index (χ0n) is 15.2. The van der Waals surface area contributed by atoms with Gasteiger partial charge in [0, 0.05) is 31.0 Å². The Morgan fingerprint density at radius 1 is 1.31 bits per heavy atom. The molecule has 0 radical (unpaired) electrons. The lowest BCUT2D eigenvalue weighted by atomic mass is 10.1. The Morgan fingerprint density at radius 3 is 2.65 bits per heavy atom. The Morgan fingerprint density at radius 2 is 2.04 bits per heavy atom. The predicted molar refractivity (Wildman–Crippen MR) is 111 cm³/mol. The largest absolute Gasteiger partial charge is 0.387 e. The van der Waals surface area contributed by atoms with Crippen LogP contribution in [-0.4, -0.2) is 31.1 Å². The first-order valence-electron chi connectivity index (χ1n) is 8.51. The summed E-state index contributed by atoms with van der Waals surface area (Å²) in [7, 11) is 1.87. The van der Waals surface area contributed by atoms with Gasteiger partial charge in [0.25, 0.3) is 0 Å². The second kappa shape index (κ2) is 7.66. The van der Waals surface area contributed by atoms with Crippen LogP contribution in [0.15, 0.2) is 41.6 Å². The molecule has 0 fully saturated rings. The van der Waals surface area contributed by atoms with E-state index < -0.39 is 0 Å². The van der Waals surface area contributed by atoms with Gasteiger partial charge in [0.05, 0.1) is 10.6 Å². The first-order valence-corrected chi connectivity index (χ1v) is 9.32. The summed E-state index contributed by atoms with van der Waals surface area (Å²) in [4.78, 5) is 18.9. The number of hydrogen-bond donors (Lipinski definition) is 1. The number of nitrogens with zero attached hydrogens (tertiary/aromatic N) is 3. The summed E-state index contributed by atoms with van der Waals surface area (Å²) in [5.41, 5.74) is 4.04. The predicted octanol–water partition coefficient (Wildman–Crippen LogP) is 4.51. The summed E-state index contributed by atoms with van der Waals surface area (Å²) in [5, 5.41) is 9.85. The summed E-state index contributed by atoms with van der Waals surface area (Å²) < 4.78 is 0. The number of Topliss-reactive ketones (excluding diaryl/α,β-unsaturated/α-hetero) is 1. The summed E-state index contributed by atoms with van der Waals surface area (Å²) in [6.45, 7) is 7.85. The maximum absolute atomic E-state index is 12.9. The van der Waals surface area contributed by atoms with Gasteiger partial charge in [0.15, 0.2) is 5.78 Å². The van der Waals surface area contributed by atoms with Gasteiger partial charge in [-0.25, -0.2) is 4.98 Å². The summed E-state index contributed by atoms with van der Waals surface area (Å²) in [5.74, 6) is 0.0134. The first kappa shape index (κ1) is 18.1. The van der Waals surface area contributed by atoms with Crippen LogP contribution in [0, 0.1) is 6.92 Å². The topological polar surface area (TPSA) is 57.6 Å². The molecule has 0 aliphatic rings. The maximum atomic E-state index is 12.9. The molecule has 0 amide bonds. The van der Waals surface area contributed by atoms with E-state index in [0.29, 0.717) is 4.88 Å². The normalized spacial score (nSPS) is 10.7. The second-order valence-electron chi connectivity index (χ2n) is 5.99. The number of ketones is 1. The van der Waals surface area contributed by atoms with Crippen LogP contribution < -0.4 is 10.3 Å². The molecule has 0 atom stereocenters. The van der Waals surface area contributed by atoms with Crippen molar-refractivity contribution in [3.63, 3.8) is 0 Å². The molecule has 2 aromatic heterocycles. The van der Waals surface area contributed by atoms with Crippen LogP contribution in [0.4, 0.5) is 11.4 Å². The highest BCUT2D eigenvalue weighted by atomic mass is 32.1. The molecule has 3 rings (SSSR count). The van der Waals surface area contributed by atoms with Crippen LogP contribution in [0.5, 0.6) is 0 Å². The molecular weight excluding hydrogens is 344 g/mol. The minimum atomic E-state index is 0.0134. The van der Waals surface area contributed by atoms with Crippen molar-refractivity contribution in [1.82, 2.24) is 4.98 Å². The number of pyridine rings is 1. The molecule has 0 spiro atoms. The Labute approximate surface area is 157 Å². The van der Waals surface area contributed by atoms with Crippen molar-refractivity contribution in [3.8, 4) is 0 Å². The van der Waals surface area contributed by atoms with Crippen molar-refractivity contribution in [3.05, 3.63) is 52.5 Å². The molecular formula is C20H22N4OS. The fourth-order valence-electron chi connectivity index (χ4n) is 2.98. The minimum absolute atomic E-state index is 0.0134. The zero-order chi connectivity index (χ0) is 18.7. The number of benzene rings is 1. The smallest absolute Gasteiger partial charge is 0.194 e. The molecule has 0 unspecified atom stereocenters. The van der Waals surface area contributed by atoms with Gasteiger partial charge in [-0.15, -0.1) is 11.3 Å². The van der Waals surface area contributed by atoms with E-state index >= 15 is 0 Å². The SMILES string of the molecule is C=NN(CC(=O)c1sc2nccc(NC)c2c1C)c1ccc(CC)cc1. The third-order valence-electron chi connectivity index (χ3n) is 4.46. The van der Waals surface area contributed by atoms with Gasteiger partial charge in [-0.3, -0.25) is 9.80 Å². The number of carbonyl (C=O) groups is 1. The van der Waals surface area contributed by atoms with Gasteiger partial charge in [0.2, 0.25) is 0 Å². The molecule has 134 valence electrons. The van der Waals surface area contributed by atoms with E-state index in [9.17, 15) is 4.79 Å². The molecule has 26 heavy (non-hydrogen) atoms. The zero-order valence-corrected chi connectivity index (χ0v) is 16.1. The average Bonchev–Trinajstić information content (AvgIpc) is 3.03. The number of nitrogens with one attached hydrogen (secondary N) is 1. The van der Waals surface area contributed by atoms with Crippen molar-refractivity contribution in [2.24, 2.45) is 5.10 Å². The fourth-order valence-corrected chi connectivity index (χ4v) is 4.08. The quantitative estimate of drug-likeness (QED) is 0.380. The van der Waals surface area contributed by atoms with Gasteiger partial charge >= 0.3 is 0 Å². The fraction of sp³-hybridized carbons (Fsp3) is 0.250. The molecule has 0 saturated heterocycles. The van der Waals surface area contributed by atoms with Crippen LogP contribution >= 0.6 is 11.3 Å². The summed E-state index contributed by atoms with van der Waals surface area (Å²) in [6.07, 6.45) is 2.73. The molecule has 2 heterocycles. The Hall–Kier alpha value is -2.73. The second-order valence-corrected chi connectivity index (χ2v) is 6.99. The van der Waals surface area contributed by atoms with E-state index in [-0.39, 0.29) is 12.3 Å². The Balaban J connectivity index is 1.89. The van der Waals surface area contributed by atoms with Crippen LogP contribution in [-0.2, 0) is 6.42 Å². The molecule has 0 aliphatic heterocycles. The number of fused-ring (bicyclic) bond motifs is 1. The van der Waals surface area contributed by atoms with Gasteiger partial charge in [-0.2, -0.15) is 5.10 Å². The van der Waals surface area contributed by atoms with Crippen molar-refractivity contribution in [1.29, 1.82) is 0 Å². The lowest BCUT2D eigenvalue weighted by Crippen LogP contribution is -2.24. The van der Waals surface area contributed by atoms with Crippen LogP contribution in [0.25, 0.3) is 10.2 Å². The van der Waals surface area contributed by atoms with Crippen LogP contribution in [0.1, 0.15) is 27.7 Å². The number of thiophene rings is 1. The number of anilines is 2. The number of aryl methyl sites for hydroxylation is 2. The standard InChI is InChI=1S/C20H22N4OS/c1-5-14-6-8-15(9-7-14)24(22-4)12-17(25)19-13(2)18-16(21-3)10-11-23-20(18)26-19/h6-11H,4-5,12H2,1-3H3,(H,21,23). The maximum Gasteiger partial charge on any atom is 0.194 e. The van der Waals surface area contributed by atoms with Gasteiger partial charge in [-0.1, -0.05) is 19.1 Å². The van der Waals surface area contributed by atoms with E-state index in [2.05, 4.69) is 29.0 Å². The molecule has 3 aromatic rings. The molecule has 5 nitrogen and oxygen atoms in total. The highest BCUT2D eigenvalue weighted by Gasteiger charge is 2.20.